The highest BCUT2D eigenvalue weighted by atomic mass is 35.5. The summed E-state index contributed by atoms with van der Waals surface area (Å²) < 4.78 is 0. The Kier molecular flexibility index (Phi) is 3.32. The largest absolute Gasteiger partial charge is 0.181 e. The summed E-state index contributed by atoms with van der Waals surface area (Å²) in [6.07, 6.45) is 0. The standard InChI is InChI=1S/C7H3Cl4/c8-5-3-1-2-4(6(5)9)7(10)11/h1-3H. The Bertz CT molecular complexity index is 257. The lowest BCUT2D eigenvalue weighted by Crippen LogP contribution is -1.83. The summed E-state index contributed by atoms with van der Waals surface area (Å²) in [7, 11) is 0. The van der Waals surface area contributed by atoms with Gasteiger partial charge in [-0.15, -0.1) is 0 Å². The molecule has 0 aliphatic carbocycles. The summed E-state index contributed by atoms with van der Waals surface area (Å²) in [6.45, 7) is 0. The molecule has 0 amide bonds. The lowest BCUT2D eigenvalue weighted by Gasteiger charge is -2.03. The minimum absolute atomic E-state index is 0.123. The van der Waals surface area contributed by atoms with Gasteiger partial charge in [0.25, 0.3) is 0 Å². The van der Waals surface area contributed by atoms with Gasteiger partial charge >= 0.3 is 0 Å². The van der Waals surface area contributed by atoms with Gasteiger partial charge in [0, 0.05) is 5.56 Å². The molecule has 0 fully saturated rings. The van der Waals surface area contributed by atoms with Crippen molar-refractivity contribution in [2.75, 3.05) is 0 Å². The maximum atomic E-state index is 5.77. The van der Waals surface area contributed by atoms with E-state index >= 15 is 0 Å². The third-order valence-corrected chi connectivity index (χ3v) is 2.38. The van der Waals surface area contributed by atoms with Crippen molar-refractivity contribution in [1.29, 1.82) is 0 Å². The topological polar surface area (TPSA) is 0 Å². The van der Waals surface area contributed by atoms with Gasteiger partial charge in [-0.3, -0.25) is 0 Å². The van der Waals surface area contributed by atoms with Crippen molar-refractivity contribution in [3.8, 4) is 0 Å². The fraction of sp³-hybridized carbons (Fsp3) is 0. The third-order valence-electron chi connectivity index (χ3n) is 1.16. The monoisotopic (exact) mass is 227 g/mol. The van der Waals surface area contributed by atoms with Crippen molar-refractivity contribution in [2.45, 2.75) is 0 Å². The second kappa shape index (κ2) is 3.86. The van der Waals surface area contributed by atoms with Crippen LogP contribution in [0, 0.1) is 4.84 Å². The molecule has 0 saturated carbocycles. The number of hydrogen-bond donors (Lipinski definition) is 0. The molecule has 0 aliphatic rings. The van der Waals surface area contributed by atoms with Crippen molar-refractivity contribution in [1.82, 2.24) is 0 Å². The lowest BCUT2D eigenvalue weighted by molar-refractivity contribution is 1.55. The van der Waals surface area contributed by atoms with Crippen LogP contribution in [0.3, 0.4) is 0 Å². The normalized spacial score (nSPS) is 10.6. The third kappa shape index (κ3) is 2.16. The summed E-state index contributed by atoms with van der Waals surface area (Å²) in [5, 5.41) is 0.831. The SMILES string of the molecule is Cl[C](Cl)c1cccc(Cl)c1Cl. The Morgan fingerprint density at radius 1 is 1.09 bits per heavy atom. The summed E-state index contributed by atoms with van der Waals surface area (Å²) in [6, 6.07) is 5.10. The maximum absolute atomic E-state index is 5.77. The molecule has 59 valence electrons. The predicted molar refractivity (Wildman–Crippen MR) is 50.5 cm³/mol. The number of hydrogen-bond acceptors (Lipinski definition) is 0. The van der Waals surface area contributed by atoms with E-state index in [1.807, 2.05) is 0 Å². The van der Waals surface area contributed by atoms with E-state index in [9.17, 15) is 0 Å². The summed E-state index contributed by atoms with van der Waals surface area (Å²) in [5.41, 5.74) is 0.558. The molecule has 1 rings (SSSR count). The second-order valence-corrected chi connectivity index (χ2v) is 3.60. The Labute approximate surface area is 85.0 Å². The minimum atomic E-state index is 0.123. The lowest BCUT2D eigenvalue weighted by atomic mass is 10.2. The van der Waals surface area contributed by atoms with Gasteiger partial charge in [0.1, 0.15) is 0 Å². The molecule has 1 aromatic rings. The smallest absolute Gasteiger partial charge is 0.0925 e. The molecular weight excluding hydrogens is 226 g/mol. The molecule has 0 unspecified atom stereocenters. The molecule has 0 heterocycles. The highest BCUT2D eigenvalue weighted by molar-refractivity contribution is 6.56. The van der Waals surface area contributed by atoms with E-state index in [0.717, 1.165) is 0 Å². The van der Waals surface area contributed by atoms with E-state index in [2.05, 4.69) is 0 Å². The Morgan fingerprint density at radius 3 is 2.18 bits per heavy atom. The van der Waals surface area contributed by atoms with Crippen LogP contribution >= 0.6 is 46.4 Å². The van der Waals surface area contributed by atoms with Crippen molar-refractivity contribution >= 4 is 46.4 Å². The predicted octanol–water partition coefficient (Wildman–Crippen LogP) is 4.31. The van der Waals surface area contributed by atoms with Crippen molar-refractivity contribution < 1.29 is 0 Å². The molecule has 0 saturated heterocycles. The molecule has 4 heteroatoms. The number of rotatable bonds is 1. The Morgan fingerprint density at radius 2 is 1.73 bits per heavy atom. The van der Waals surface area contributed by atoms with Crippen molar-refractivity contribution in [3.63, 3.8) is 0 Å². The first-order chi connectivity index (χ1) is 5.13. The van der Waals surface area contributed by atoms with Crippen LogP contribution in [0.2, 0.25) is 10.0 Å². The second-order valence-electron chi connectivity index (χ2n) is 1.86. The van der Waals surface area contributed by atoms with Gasteiger partial charge in [0.05, 0.1) is 10.0 Å². The fourth-order valence-electron chi connectivity index (χ4n) is 0.650. The van der Waals surface area contributed by atoms with Crippen LogP contribution in [0.1, 0.15) is 5.56 Å². The molecule has 0 aromatic heterocycles. The van der Waals surface area contributed by atoms with Gasteiger partial charge in [-0.1, -0.05) is 58.5 Å². The first kappa shape index (κ1) is 9.47. The molecule has 0 spiro atoms. The maximum Gasteiger partial charge on any atom is 0.181 e. The zero-order chi connectivity index (χ0) is 8.43. The van der Waals surface area contributed by atoms with Gasteiger partial charge in [-0.25, -0.2) is 0 Å². The summed E-state index contributed by atoms with van der Waals surface area (Å²) >= 11 is 22.5. The molecule has 0 bridgehead atoms. The molecular formula is C7H3Cl4. The van der Waals surface area contributed by atoms with Crippen LogP contribution in [-0.2, 0) is 0 Å². The average Bonchev–Trinajstić information content (AvgIpc) is 1.94. The average molecular weight is 229 g/mol. The first-order valence-electron chi connectivity index (χ1n) is 2.75. The van der Waals surface area contributed by atoms with Crippen LogP contribution in [0.25, 0.3) is 0 Å². The zero-order valence-corrected chi connectivity index (χ0v) is 8.27. The molecule has 0 aliphatic heterocycles. The molecule has 0 atom stereocenters. The molecule has 11 heavy (non-hydrogen) atoms. The van der Waals surface area contributed by atoms with Gasteiger partial charge in [0.2, 0.25) is 0 Å². The number of halogens is 4. The van der Waals surface area contributed by atoms with Gasteiger partial charge in [-0.2, -0.15) is 0 Å². The number of benzene rings is 1. The van der Waals surface area contributed by atoms with E-state index in [-0.39, 0.29) is 4.84 Å². The fourth-order valence-corrected chi connectivity index (χ4v) is 1.46. The first-order valence-corrected chi connectivity index (χ1v) is 4.26. The van der Waals surface area contributed by atoms with Gasteiger partial charge < -0.3 is 0 Å². The zero-order valence-electron chi connectivity index (χ0n) is 5.24. The highest BCUT2D eigenvalue weighted by Gasteiger charge is 2.11. The van der Waals surface area contributed by atoms with Crippen LogP contribution < -0.4 is 0 Å². The van der Waals surface area contributed by atoms with Gasteiger partial charge in [0.15, 0.2) is 4.84 Å². The van der Waals surface area contributed by atoms with Crippen LogP contribution in [-0.4, -0.2) is 0 Å². The Balaban J connectivity index is 3.17. The van der Waals surface area contributed by atoms with Crippen LogP contribution in [0.15, 0.2) is 18.2 Å². The van der Waals surface area contributed by atoms with Crippen LogP contribution in [0.5, 0.6) is 0 Å². The van der Waals surface area contributed by atoms with E-state index in [1.54, 1.807) is 18.2 Å². The molecule has 0 nitrogen and oxygen atoms in total. The van der Waals surface area contributed by atoms with Gasteiger partial charge in [-0.05, 0) is 6.07 Å². The van der Waals surface area contributed by atoms with Crippen molar-refractivity contribution in [3.05, 3.63) is 38.6 Å². The molecule has 0 N–H and O–H groups in total. The minimum Gasteiger partial charge on any atom is -0.0925 e. The van der Waals surface area contributed by atoms with E-state index in [0.29, 0.717) is 15.6 Å². The molecule has 1 aromatic carbocycles. The van der Waals surface area contributed by atoms with E-state index < -0.39 is 0 Å². The molecule has 1 radical (unpaired) electrons. The van der Waals surface area contributed by atoms with E-state index in [4.69, 9.17) is 46.4 Å². The van der Waals surface area contributed by atoms with Crippen molar-refractivity contribution in [2.24, 2.45) is 0 Å². The summed E-state index contributed by atoms with van der Waals surface area (Å²) in [4.78, 5) is 0.123. The summed E-state index contributed by atoms with van der Waals surface area (Å²) in [5.74, 6) is 0. The Hall–Kier alpha value is 0.380. The quantitative estimate of drug-likeness (QED) is 0.672. The highest BCUT2D eigenvalue weighted by Crippen LogP contribution is 2.34. The van der Waals surface area contributed by atoms with Crippen LogP contribution in [0.4, 0.5) is 0 Å². The van der Waals surface area contributed by atoms with E-state index in [1.165, 1.54) is 0 Å².